The van der Waals surface area contributed by atoms with E-state index in [1.54, 1.807) is 0 Å². The van der Waals surface area contributed by atoms with E-state index in [0.29, 0.717) is 0 Å². The molecule has 0 nitrogen and oxygen atoms in total. The van der Waals surface area contributed by atoms with Crippen LogP contribution < -0.4 is 0 Å². The molecule has 0 saturated heterocycles. The molecule has 9 aromatic rings. The van der Waals surface area contributed by atoms with Gasteiger partial charge in [0.25, 0.3) is 0 Å². The molecular weight excluding hydrogens is 645 g/mol. The van der Waals surface area contributed by atoms with E-state index in [9.17, 15) is 0 Å². The topological polar surface area (TPSA) is 0 Å². The van der Waals surface area contributed by atoms with Gasteiger partial charge in [-0.05, 0) is 124 Å². The Kier molecular flexibility index (Phi) is 5.73. The maximum Gasteiger partial charge on any atom is 0.0725 e. The van der Waals surface area contributed by atoms with Gasteiger partial charge in [-0.25, -0.2) is 0 Å². The molecule has 1 heteroatoms. The highest BCUT2D eigenvalue weighted by atomic mass is 32.2. The highest BCUT2D eigenvalue weighted by molar-refractivity contribution is 7.99. The lowest BCUT2D eigenvalue weighted by molar-refractivity contribution is 0.795. The van der Waals surface area contributed by atoms with Gasteiger partial charge in [0.15, 0.2) is 0 Å². The van der Waals surface area contributed by atoms with Crippen molar-refractivity contribution in [2.45, 2.75) is 15.2 Å². The van der Waals surface area contributed by atoms with Gasteiger partial charge in [0.2, 0.25) is 0 Å². The molecule has 0 amide bonds. The van der Waals surface area contributed by atoms with Crippen LogP contribution in [0.4, 0.5) is 0 Å². The number of benzene rings is 9. The van der Waals surface area contributed by atoms with Crippen LogP contribution in [0, 0.1) is 0 Å². The zero-order chi connectivity index (χ0) is 34.0. The second kappa shape index (κ2) is 10.4. The van der Waals surface area contributed by atoms with Gasteiger partial charge in [-0.15, -0.1) is 0 Å². The molecule has 9 aromatic carbocycles. The van der Waals surface area contributed by atoms with Gasteiger partial charge in [-0.3, -0.25) is 0 Å². The molecule has 240 valence electrons. The number of hydrogen-bond donors (Lipinski definition) is 0. The fourth-order valence-corrected chi connectivity index (χ4v) is 10.9. The summed E-state index contributed by atoms with van der Waals surface area (Å²) >= 11 is 1.89. The van der Waals surface area contributed by atoms with Crippen molar-refractivity contribution in [2.75, 3.05) is 0 Å². The molecule has 0 bridgehead atoms. The first-order valence-electron chi connectivity index (χ1n) is 18.1. The van der Waals surface area contributed by atoms with Crippen LogP contribution in [0.15, 0.2) is 192 Å². The SMILES string of the molecule is c1ccc2c(c1)Sc1ccc(-c3ccccc3-c3ccc4c(c3)C3(c5ccccc5-4)c4ccccc4-c4cc5ccccc5cc43)c3cccc-2c13. The first kappa shape index (κ1) is 28.5. The smallest absolute Gasteiger partial charge is 0.0725 e. The molecule has 2 aliphatic carbocycles. The molecule has 1 unspecified atom stereocenters. The van der Waals surface area contributed by atoms with Crippen molar-refractivity contribution in [3.05, 3.63) is 204 Å². The Morgan fingerprint density at radius 2 is 0.885 bits per heavy atom. The molecule has 12 rings (SSSR count). The first-order chi connectivity index (χ1) is 25.8. The lowest BCUT2D eigenvalue weighted by atomic mass is 9.70. The number of rotatable bonds is 2. The van der Waals surface area contributed by atoms with E-state index in [1.807, 2.05) is 11.8 Å². The Hall–Kier alpha value is -6.15. The van der Waals surface area contributed by atoms with E-state index in [2.05, 4.69) is 182 Å². The third kappa shape index (κ3) is 3.63. The Labute approximate surface area is 307 Å². The minimum Gasteiger partial charge on any atom is -0.0888 e. The summed E-state index contributed by atoms with van der Waals surface area (Å²) in [5.41, 5.74) is 18.1. The molecular formula is C51H30S. The maximum absolute atomic E-state index is 2.52. The number of hydrogen-bond acceptors (Lipinski definition) is 1. The summed E-state index contributed by atoms with van der Waals surface area (Å²) in [5.74, 6) is 0. The summed E-state index contributed by atoms with van der Waals surface area (Å²) in [6.07, 6.45) is 0. The fourth-order valence-electron chi connectivity index (χ4n) is 9.78. The van der Waals surface area contributed by atoms with Crippen LogP contribution in [0.3, 0.4) is 0 Å². The van der Waals surface area contributed by atoms with Crippen molar-refractivity contribution < 1.29 is 0 Å². The predicted octanol–water partition coefficient (Wildman–Crippen LogP) is 13.8. The molecule has 0 aromatic heterocycles. The Balaban J connectivity index is 1.12. The predicted molar refractivity (Wildman–Crippen MR) is 218 cm³/mol. The van der Waals surface area contributed by atoms with Gasteiger partial charge in [-0.2, -0.15) is 0 Å². The summed E-state index contributed by atoms with van der Waals surface area (Å²) < 4.78 is 0. The lowest BCUT2D eigenvalue weighted by Gasteiger charge is -2.31. The van der Waals surface area contributed by atoms with Gasteiger partial charge in [-0.1, -0.05) is 163 Å². The van der Waals surface area contributed by atoms with Crippen LogP contribution in [-0.4, -0.2) is 0 Å². The van der Waals surface area contributed by atoms with Gasteiger partial charge in [0.05, 0.1) is 5.41 Å². The van der Waals surface area contributed by atoms with E-state index in [4.69, 9.17) is 0 Å². The molecule has 0 fully saturated rings. The Morgan fingerprint density at radius 1 is 0.308 bits per heavy atom. The van der Waals surface area contributed by atoms with Crippen molar-refractivity contribution in [3.8, 4) is 55.6 Å². The minimum atomic E-state index is -0.405. The summed E-state index contributed by atoms with van der Waals surface area (Å²) in [4.78, 5) is 2.65. The van der Waals surface area contributed by atoms with E-state index >= 15 is 0 Å². The van der Waals surface area contributed by atoms with E-state index < -0.39 is 5.41 Å². The van der Waals surface area contributed by atoms with Crippen molar-refractivity contribution in [3.63, 3.8) is 0 Å². The standard InChI is InChI=1S/C51H30S/c1-2-13-32-29-47-43(28-31(32)12-1)38-17-6-9-22-45(38)51(47)44-21-8-5-16-37(44)39-25-24-33(30-46(39)51)34-14-3-4-15-35(34)36-26-27-49-50-41(36)19-11-20-42(50)40-18-7-10-23-48(40)52-49/h1-30H. The van der Waals surface area contributed by atoms with Crippen molar-refractivity contribution >= 4 is 33.3 Å². The number of fused-ring (bicyclic) bond motifs is 13. The van der Waals surface area contributed by atoms with Crippen LogP contribution in [-0.2, 0) is 5.41 Å². The van der Waals surface area contributed by atoms with Crippen molar-refractivity contribution in [1.29, 1.82) is 0 Å². The maximum atomic E-state index is 2.52. The largest absolute Gasteiger partial charge is 0.0888 e. The molecule has 0 radical (unpaired) electrons. The molecule has 52 heavy (non-hydrogen) atoms. The van der Waals surface area contributed by atoms with Crippen molar-refractivity contribution in [1.82, 2.24) is 0 Å². The molecule has 1 aliphatic heterocycles. The van der Waals surface area contributed by atoms with Crippen LogP contribution in [0.5, 0.6) is 0 Å². The summed E-state index contributed by atoms with van der Waals surface area (Å²) in [7, 11) is 0. The fraction of sp³-hybridized carbons (Fsp3) is 0.0196. The monoisotopic (exact) mass is 674 g/mol. The summed E-state index contributed by atoms with van der Waals surface area (Å²) in [5, 5.41) is 5.23. The van der Waals surface area contributed by atoms with E-state index in [0.717, 1.165) is 0 Å². The quantitative estimate of drug-likeness (QED) is 0.176. The average molecular weight is 675 g/mol. The van der Waals surface area contributed by atoms with Gasteiger partial charge in [0, 0.05) is 15.2 Å². The third-order valence-corrected chi connectivity index (χ3v) is 13.0. The first-order valence-corrected chi connectivity index (χ1v) is 18.9. The van der Waals surface area contributed by atoms with E-state index in [-0.39, 0.29) is 0 Å². The highest BCUT2D eigenvalue weighted by Crippen LogP contribution is 2.63. The molecule has 3 aliphatic rings. The molecule has 0 N–H and O–H groups in total. The third-order valence-electron chi connectivity index (χ3n) is 11.9. The van der Waals surface area contributed by atoms with Gasteiger partial charge >= 0.3 is 0 Å². The molecule has 0 saturated carbocycles. The summed E-state index contributed by atoms with van der Waals surface area (Å²) in [6, 6.07) is 68.6. The van der Waals surface area contributed by atoms with Crippen LogP contribution in [0.1, 0.15) is 22.3 Å². The average Bonchev–Trinajstić information content (AvgIpc) is 3.66. The normalized spacial score (nSPS) is 15.7. The lowest BCUT2D eigenvalue weighted by Crippen LogP contribution is -2.25. The second-order valence-corrected chi connectivity index (χ2v) is 15.4. The van der Waals surface area contributed by atoms with Gasteiger partial charge in [0.1, 0.15) is 0 Å². The molecule has 1 heterocycles. The summed E-state index contributed by atoms with van der Waals surface area (Å²) in [6.45, 7) is 0. The van der Waals surface area contributed by atoms with Crippen LogP contribution in [0.2, 0.25) is 0 Å². The zero-order valence-electron chi connectivity index (χ0n) is 28.2. The zero-order valence-corrected chi connectivity index (χ0v) is 29.0. The highest BCUT2D eigenvalue weighted by Gasteiger charge is 2.51. The Morgan fingerprint density at radius 3 is 1.69 bits per heavy atom. The van der Waals surface area contributed by atoms with Crippen LogP contribution in [0.25, 0.3) is 77.2 Å². The molecule has 1 spiro atoms. The second-order valence-electron chi connectivity index (χ2n) is 14.3. The minimum absolute atomic E-state index is 0.405. The van der Waals surface area contributed by atoms with E-state index in [1.165, 1.54) is 109 Å². The molecule has 1 atom stereocenters. The Bertz CT molecular complexity index is 3000. The van der Waals surface area contributed by atoms with Crippen LogP contribution >= 0.6 is 11.8 Å². The van der Waals surface area contributed by atoms with Gasteiger partial charge < -0.3 is 0 Å². The van der Waals surface area contributed by atoms with Crippen molar-refractivity contribution in [2.24, 2.45) is 0 Å².